The highest BCUT2D eigenvalue weighted by Crippen LogP contribution is 2.44. The summed E-state index contributed by atoms with van der Waals surface area (Å²) >= 11 is 0. The molecule has 1 fully saturated rings. The van der Waals surface area contributed by atoms with E-state index in [1.165, 1.54) is 12.0 Å². The van der Waals surface area contributed by atoms with Crippen molar-refractivity contribution in [1.82, 2.24) is 0 Å². The normalized spacial score (nSPS) is 17.4. The molecule has 1 heterocycles. The lowest BCUT2D eigenvalue weighted by Gasteiger charge is -2.26. The third-order valence-electron chi connectivity index (χ3n) is 5.35. The fourth-order valence-corrected chi connectivity index (χ4v) is 3.91. The summed E-state index contributed by atoms with van der Waals surface area (Å²) in [6.07, 6.45) is 0. The molecule has 6 heteroatoms. The molecule has 0 aromatic heterocycles. The summed E-state index contributed by atoms with van der Waals surface area (Å²) in [4.78, 5) is 27.7. The van der Waals surface area contributed by atoms with E-state index in [9.17, 15) is 14.7 Å². The number of hydrogen-bond acceptors (Lipinski definition) is 5. The first-order valence-electron chi connectivity index (χ1n) is 10.3. The molecule has 0 aliphatic carbocycles. The first-order valence-corrected chi connectivity index (χ1v) is 10.3. The highest BCUT2D eigenvalue weighted by molar-refractivity contribution is 6.51. The number of nitrogens with zero attached hydrogens (tertiary/aromatic N) is 1. The van der Waals surface area contributed by atoms with Gasteiger partial charge in [-0.3, -0.25) is 14.5 Å². The molecule has 1 aliphatic heterocycles. The zero-order valence-electron chi connectivity index (χ0n) is 17.8. The number of hydrogen-bond donors (Lipinski definition) is 1. The Morgan fingerprint density at radius 2 is 1.59 bits per heavy atom. The van der Waals surface area contributed by atoms with E-state index in [4.69, 9.17) is 9.47 Å². The topological polar surface area (TPSA) is 76.1 Å². The molecular formula is C26H23NO5. The second-order valence-corrected chi connectivity index (χ2v) is 7.20. The van der Waals surface area contributed by atoms with E-state index < -0.39 is 17.7 Å². The number of amides is 1. The van der Waals surface area contributed by atoms with E-state index in [1.54, 1.807) is 66.7 Å². The van der Waals surface area contributed by atoms with Crippen molar-refractivity contribution in [3.05, 3.63) is 95.6 Å². The minimum absolute atomic E-state index is 0.00696. The van der Waals surface area contributed by atoms with E-state index in [0.29, 0.717) is 34.9 Å². The molecule has 6 nitrogen and oxygen atoms in total. The molecule has 0 saturated carbocycles. The van der Waals surface area contributed by atoms with E-state index in [1.807, 2.05) is 19.1 Å². The molecule has 0 bridgehead atoms. The average molecular weight is 429 g/mol. The number of rotatable bonds is 6. The summed E-state index contributed by atoms with van der Waals surface area (Å²) in [6, 6.07) is 22.0. The smallest absolute Gasteiger partial charge is 0.300 e. The van der Waals surface area contributed by atoms with E-state index in [2.05, 4.69) is 0 Å². The Kier molecular flexibility index (Phi) is 5.94. The van der Waals surface area contributed by atoms with Crippen LogP contribution in [0.1, 0.15) is 24.1 Å². The molecule has 1 aliphatic rings. The number of Topliss-reactive ketones (excluding diaryl/α,β-unsaturated/α-hetero) is 1. The summed E-state index contributed by atoms with van der Waals surface area (Å²) in [5.41, 5.74) is 1.58. The van der Waals surface area contributed by atoms with Crippen LogP contribution in [0.4, 0.5) is 5.69 Å². The zero-order valence-corrected chi connectivity index (χ0v) is 17.8. The van der Waals surface area contributed by atoms with Crippen LogP contribution < -0.4 is 14.4 Å². The van der Waals surface area contributed by atoms with Crippen LogP contribution in [0.25, 0.3) is 5.76 Å². The molecule has 0 radical (unpaired) electrons. The highest BCUT2D eigenvalue weighted by atomic mass is 16.5. The van der Waals surface area contributed by atoms with Crippen molar-refractivity contribution < 1.29 is 24.2 Å². The van der Waals surface area contributed by atoms with Gasteiger partial charge in [-0.1, -0.05) is 36.4 Å². The van der Waals surface area contributed by atoms with Crippen molar-refractivity contribution in [1.29, 1.82) is 0 Å². The van der Waals surface area contributed by atoms with Crippen LogP contribution in [0.15, 0.2) is 84.4 Å². The maximum atomic E-state index is 13.2. The minimum atomic E-state index is -0.847. The van der Waals surface area contributed by atoms with Gasteiger partial charge in [-0.15, -0.1) is 0 Å². The summed E-state index contributed by atoms with van der Waals surface area (Å²) < 4.78 is 11.0. The monoisotopic (exact) mass is 429 g/mol. The number of aliphatic hydroxyl groups excluding tert-OH is 1. The van der Waals surface area contributed by atoms with Crippen LogP contribution in [-0.2, 0) is 9.59 Å². The predicted molar refractivity (Wildman–Crippen MR) is 122 cm³/mol. The number of para-hydroxylation sites is 2. The van der Waals surface area contributed by atoms with E-state index in [0.717, 1.165) is 0 Å². The second-order valence-electron chi connectivity index (χ2n) is 7.20. The van der Waals surface area contributed by atoms with Gasteiger partial charge in [0, 0.05) is 16.8 Å². The van der Waals surface area contributed by atoms with Crippen molar-refractivity contribution in [3.63, 3.8) is 0 Å². The lowest BCUT2D eigenvalue weighted by atomic mass is 9.94. The number of anilines is 1. The highest BCUT2D eigenvalue weighted by Gasteiger charge is 2.47. The quantitative estimate of drug-likeness (QED) is 0.349. The van der Waals surface area contributed by atoms with Gasteiger partial charge in [-0.05, 0) is 49.4 Å². The van der Waals surface area contributed by atoms with Crippen LogP contribution in [0, 0.1) is 0 Å². The van der Waals surface area contributed by atoms with Crippen molar-refractivity contribution in [2.45, 2.75) is 13.0 Å². The molecule has 3 aromatic carbocycles. The number of benzene rings is 3. The van der Waals surface area contributed by atoms with Gasteiger partial charge in [0.05, 0.1) is 25.3 Å². The predicted octanol–water partition coefficient (Wildman–Crippen LogP) is 4.72. The van der Waals surface area contributed by atoms with Crippen molar-refractivity contribution in [2.24, 2.45) is 0 Å². The summed E-state index contributed by atoms with van der Waals surface area (Å²) in [5, 5.41) is 11.2. The Morgan fingerprint density at radius 3 is 2.25 bits per heavy atom. The van der Waals surface area contributed by atoms with Crippen LogP contribution >= 0.6 is 0 Å². The number of aliphatic hydroxyl groups is 1. The molecule has 162 valence electrons. The Hall–Kier alpha value is -4.06. The standard InChI is InChI=1S/C26H23NO5/c1-3-32-19-15-13-17(14-16-19)24(28)22-23(20-11-7-8-12-21(20)31-2)27(26(30)25(22)29)18-9-5-4-6-10-18/h4-16,23,28H,3H2,1-2H3/b24-22-. The Morgan fingerprint density at radius 1 is 0.938 bits per heavy atom. The van der Waals surface area contributed by atoms with Gasteiger partial charge in [0.15, 0.2) is 0 Å². The lowest BCUT2D eigenvalue weighted by Crippen LogP contribution is -2.29. The van der Waals surface area contributed by atoms with Gasteiger partial charge in [-0.25, -0.2) is 0 Å². The Bertz CT molecular complexity index is 1170. The van der Waals surface area contributed by atoms with Crippen molar-refractivity contribution >= 4 is 23.1 Å². The Balaban J connectivity index is 1.92. The van der Waals surface area contributed by atoms with Gasteiger partial charge < -0.3 is 14.6 Å². The SMILES string of the molecule is CCOc1ccc(/C(O)=C2/C(=O)C(=O)N(c3ccccc3)C2c2ccccc2OC)cc1. The van der Waals surface area contributed by atoms with Crippen molar-refractivity contribution in [2.75, 3.05) is 18.6 Å². The third-order valence-corrected chi connectivity index (χ3v) is 5.35. The minimum Gasteiger partial charge on any atom is -0.507 e. The average Bonchev–Trinajstić information content (AvgIpc) is 3.10. The molecule has 0 spiro atoms. The zero-order chi connectivity index (χ0) is 22.7. The molecule has 1 atom stereocenters. The van der Waals surface area contributed by atoms with Crippen LogP contribution in [0.3, 0.4) is 0 Å². The fraction of sp³-hybridized carbons (Fsp3) is 0.154. The van der Waals surface area contributed by atoms with E-state index >= 15 is 0 Å². The van der Waals surface area contributed by atoms with Gasteiger partial charge in [0.25, 0.3) is 11.7 Å². The third kappa shape index (κ3) is 3.71. The largest absolute Gasteiger partial charge is 0.507 e. The van der Waals surface area contributed by atoms with Gasteiger partial charge in [-0.2, -0.15) is 0 Å². The molecule has 1 unspecified atom stereocenters. The molecule has 1 amide bonds. The molecule has 1 saturated heterocycles. The maximum Gasteiger partial charge on any atom is 0.300 e. The van der Waals surface area contributed by atoms with Crippen LogP contribution in [0.5, 0.6) is 11.5 Å². The maximum absolute atomic E-state index is 13.2. The Labute approximate surface area is 186 Å². The van der Waals surface area contributed by atoms with E-state index in [-0.39, 0.29) is 11.3 Å². The van der Waals surface area contributed by atoms with Crippen LogP contribution in [-0.4, -0.2) is 30.5 Å². The lowest BCUT2D eigenvalue weighted by molar-refractivity contribution is -0.132. The molecule has 3 aromatic rings. The number of ketones is 1. The summed E-state index contributed by atoms with van der Waals surface area (Å²) in [5.74, 6) is -0.551. The number of carbonyl (C=O) groups excluding carboxylic acids is 2. The first-order chi connectivity index (χ1) is 15.6. The fourth-order valence-electron chi connectivity index (χ4n) is 3.91. The number of ether oxygens (including phenoxy) is 2. The molecule has 4 rings (SSSR count). The summed E-state index contributed by atoms with van der Waals surface area (Å²) in [6.45, 7) is 2.40. The van der Waals surface area contributed by atoms with Gasteiger partial charge in [0.2, 0.25) is 0 Å². The molecule has 1 N–H and O–H groups in total. The number of carbonyl (C=O) groups is 2. The van der Waals surface area contributed by atoms with Gasteiger partial charge in [0.1, 0.15) is 17.3 Å². The van der Waals surface area contributed by atoms with Gasteiger partial charge >= 0.3 is 0 Å². The number of methoxy groups -OCH3 is 1. The second kappa shape index (κ2) is 8.98. The molecule has 32 heavy (non-hydrogen) atoms. The summed E-state index contributed by atoms with van der Waals surface area (Å²) in [7, 11) is 1.53. The molecular weight excluding hydrogens is 406 g/mol. The van der Waals surface area contributed by atoms with Crippen LogP contribution in [0.2, 0.25) is 0 Å². The first kappa shape index (κ1) is 21.2. The van der Waals surface area contributed by atoms with Crippen molar-refractivity contribution in [3.8, 4) is 11.5 Å².